The van der Waals surface area contributed by atoms with Gasteiger partial charge in [0.05, 0.1) is 23.7 Å². The predicted molar refractivity (Wildman–Crippen MR) is 84.9 cm³/mol. The summed E-state index contributed by atoms with van der Waals surface area (Å²) in [5.41, 5.74) is 1.04. The van der Waals surface area contributed by atoms with Crippen molar-refractivity contribution in [1.82, 2.24) is 14.8 Å². The number of likely N-dealkylation sites (tertiary alicyclic amines) is 1. The van der Waals surface area contributed by atoms with E-state index in [4.69, 9.17) is 4.74 Å². The highest BCUT2D eigenvalue weighted by atomic mass is 32.1. The van der Waals surface area contributed by atoms with E-state index in [1.54, 1.807) is 11.3 Å². The van der Waals surface area contributed by atoms with Gasteiger partial charge in [0, 0.05) is 25.6 Å². The predicted octanol–water partition coefficient (Wildman–Crippen LogP) is 2.40. The maximum absolute atomic E-state index is 11.7. The highest BCUT2D eigenvalue weighted by molar-refractivity contribution is 7.13. The van der Waals surface area contributed by atoms with Crippen molar-refractivity contribution < 1.29 is 9.53 Å². The number of rotatable bonds is 4. The van der Waals surface area contributed by atoms with Crippen LogP contribution in [0.1, 0.15) is 49.6 Å². The van der Waals surface area contributed by atoms with E-state index in [1.165, 1.54) is 30.7 Å². The number of carbonyl (C=O) groups excluding carboxylic acids is 1. The molecule has 1 saturated carbocycles. The molecule has 1 unspecified atom stereocenters. The van der Waals surface area contributed by atoms with Gasteiger partial charge >= 0.3 is 0 Å². The Morgan fingerprint density at radius 1 is 1.36 bits per heavy atom. The topological polar surface area (TPSA) is 45.7 Å². The van der Waals surface area contributed by atoms with Gasteiger partial charge in [0.15, 0.2) is 0 Å². The SMILES string of the molecule is CCC(=O)N1Cc2nc(OC3CCN(C4CCC4)C3)sc2C1. The molecule has 1 atom stereocenters. The van der Waals surface area contributed by atoms with Crippen LogP contribution < -0.4 is 4.74 Å². The van der Waals surface area contributed by atoms with Crippen molar-refractivity contribution in [2.24, 2.45) is 0 Å². The number of carbonyl (C=O) groups is 1. The first-order valence-corrected chi connectivity index (χ1v) is 9.21. The maximum atomic E-state index is 11.7. The van der Waals surface area contributed by atoms with E-state index >= 15 is 0 Å². The molecule has 0 radical (unpaired) electrons. The lowest BCUT2D eigenvalue weighted by Gasteiger charge is -2.34. The van der Waals surface area contributed by atoms with Crippen molar-refractivity contribution >= 4 is 17.2 Å². The van der Waals surface area contributed by atoms with Crippen LogP contribution in [0.25, 0.3) is 0 Å². The molecule has 0 spiro atoms. The molecule has 6 heteroatoms. The first-order valence-electron chi connectivity index (χ1n) is 8.40. The molecule has 5 nitrogen and oxygen atoms in total. The molecule has 0 N–H and O–H groups in total. The smallest absolute Gasteiger partial charge is 0.274 e. The Labute approximate surface area is 135 Å². The third kappa shape index (κ3) is 2.63. The number of aromatic nitrogens is 1. The molecule has 2 fully saturated rings. The van der Waals surface area contributed by atoms with Crippen LogP contribution in [-0.4, -0.2) is 45.9 Å². The third-order valence-corrected chi connectivity index (χ3v) is 6.10. The summed E-state index contributed by atoms with van der Waals surface area (Å²) in [5.74, 6) is 0.208. The molecule has 1 aromatic rings. The van der Waals surface area contributed by atoms with Crippen LogP contribution in [0.4, 0.5) is 0 Å². The molecule has 1 aromatic heterocycles. The highest BCUT2D eigenvalue weighted by Crippen LogP contribution is 2.34. The Bertz CT molecular complexity index is 546. The Balaban J connectivity index is 1.33. The highest BCUT2D eigenvalue weighted by Gasteiger charge is 2.33. The lowest BCUT2D eigenvalue weighted by molar-refractivity contribution is -0.131. The summed E-state index contributed by atoms with van der Waals surface area (Å²) in [5, 5.41) is 0.800. The van der Waals surface area contributed by atoms with Gasteiger partial charge < -0.3 is 9.64 Å². The average Bonchev–Trinajstić information content (AvgIpc) is 3.11. The number of nitrogens with zero attached hydrogens (tertiary/aromatic N) is 3. The van der Waals surface area contributed by atoms with Gasteiger partial charge in [-0.2, -0.15) is 0 Å². The van der Waals surface area contributed by atoms with Crippen LogP contribution >= 0.6 is 11.3 Å². The molecule has 4 rings (SSSR count). The first kappa shape index (κ1) is 14.5. The Kier molecular flexibility index (Phi) is 3.82. The molecule has 22 heavy (non-hydrogen) atoms. The van der Waals surface area contributed by atoms with Gasteiger partial charge in [-0.3, -0.25) is 9.69 Å². The monoisotopic (exact) mass is 321 g/mol. The zero-order valence-electron chi connectivity index (χ0n) is 13.1. The average molecular weight is 321 g/mol. The molecular weight excluding hydrogens is 298 g/mol. The second-order valence-electron chi connectivity index (χ2n) is 6.56. The molecule has 1 saturated heterocycles. The largest absolute Gasteiger partial charge is 0.465 e. The quantitative estimate of drug-likeness (QED) is 0.854. The number of hydrogen-bond acceptors (Lipinski definition) is 5. The molecule has 0 bridgehead atoms. The Hall–Kier alpha value is -1.14. The van der Waals surface area contributed by atoms with Crippen molar-refractivity contribution in [1.29, 1.82) is 0 Å². The number of hydrogen-bond donors (Lipinski definition) is 0. The second kappa shape index (κ2) is 5.81. The van der Waals surface area contributed by atoms with Crippen molar-refractivity contribution in [2.45, 2.75) is 64.3 Å². The van der Waals surface area contributed by atoms with Crippen LogP contribution in [0.5, 0.6) is 5.19 Å². The van der Waals surface area contributed by atoms with Crippen LogP contribution in [0, 0.1) is 0 Å². The standard InChI is InChI=1S/C16H23N3O2S/c1-2-15(20)19-9-13-14(10-19)22-16(17-13)21-12-6-7-18(8-12)11-4-3-5-11/h11-12H,2-10H2,1H3. The minimum atomic E-state index is 0.208. The second-order valence-corrected chi connectivity index (χ2v) is 7.61. The zero-order chi connectivity index (χ0) is 15.1. The van der Waals surface area contributed by atoms with Gasteiger partial charge in [-0.15, -0.1) is 0 Å². The molecule has 3 aliphatic rings. The fourth-order valence-electron chi connectivity index (χ4n) is 3.54. The van der Waals surface area contributed by atoms with E-state index in [2.05, 4.69) is 9.88 Å². The molecule has 120 valence electrons. The lowest BCUT2D eigenvalue weighted by Crippen LogP contribution is -2.39. The molecule has 2 aliphatic heterocycles. The summed E-state index contributed by atoms with van der Waals surface area (Å²) in [4.78, 5) is 22.0. The minimum absolute atomic E-state index is 0.208. The normalized spacial score (nSPS) is 25.3. The van der Waals surface area contributed by atoms with E-state index in [9.17, 15) is 4.79 Å². The Morgan fingerprint density at radius 3 is 2.91 bits per heavy atom. The fraction of sp³-hybridized carbons (Fsp3) is 0.750. The summed E-state index contributed by atoms with van der Waals surface area (Å²) in [6.45, 7) is 5.49. The van der Waals surface area contributed by atoms with Gasteiger partial charge in [-0.25, -0.2) is 4.98 Å². The fourth-order valence-corrected chi connectivity index (χ4v) is 4.54. The molecule has 1 amide bonds. The molecule has 1 aliphatic carbocycles. The van der Waals surface area contributed by atoms with Crippen LogP contribution in [0.2, 0.25) is 0 Å². The van der Waals surface area contributed by atoms with Gasteiger partial charge in [0.2, 0.25) is 5.91 Å². The van der Waals surface area contributed by atoms with E-state index in [1.807, 2.05) is 11.8 Å². The molecular formula is C16H23N3O2S. The number of fused-ring (bicyclic) bond motifs is 1. The van der Waals surface area contributed by atoms with Gasteiger partial charge in [0.1, 0.15) is 6.10 Å². The van der Waals surface area contributed by atoms with Crippen LogP contribution in [-0.2, 0) is 17.9 Å². The molecule has 0 aromatic carbocycles. The number of amides is 1. The zero-order valence-corrected chi connectivity index (χ0v) is 13.9. The summed E-state index contributed by atoms with van der Waals surface area (Å²) in [6, 6.07) is 0.809. The first-order chi connectivity index (χ1) is 10.7. The van der Waals surface area contributed by atoms with Gasteiger partial charge in [0.25, 0.3) is 5.19 Å². The number of ether oxygens (including phenoxy) is 1. The Morgan fingerprint density at radius 2 is 2.23 bits per heavy atom. The minimum Gasteiger partial charge on any atom is -0.465 e. The summed E-state index contributed by atoms with van der Waals surface area (Å²) >= 11 is 1.62. The van der Waals surface area contributed by atoms with Gasteiger partial charge in [-0.05, 0) is 19.3 Å². The van der Waals surface area contributed by atoms with Crippen molar-refractivity contribution in [2.75, 3.05) is 13.1 Å². The summed E-state index contributed by atoms with van der Waals surface area (Å²) < 4.78 is 6.11. The van der Waals surface area contributed by atoms with Crippen LogP contribution in [0.3, 0.4) is 0 Å². The molecule has 3 heterocycles. The number of thiazole rings is 1. The van der Waals surface area contributed by atoms with E-state index < -0.39 is 0 Å². The van der Waals surface area contributed by atoms with E-state index in [-0.39, 0.29) is 5.91 Å². The van der Waals surface area contributed by atoms with Crippen molar-refractivity contribution in [3.63, 3.8) is 0 Å². The van der Waals surface area contributed by atoms with Crippen LogP contribution in [0.15, 0.2) is 0 Å². The summed E-state index contributed by atoms with van der Waals surface area (Å²) in [7, 11) is 0. The lowest BCUT2D eigenvalue weighted by atomic mass is 9.92. The van der Waals surface area contributed by atoms with E-state index in [0.29, 0.717) is 25.6 Å². The van der Waals surface area contributed by atoms with Crippen molar-refractivity contribution in [3.05, 3.63) is 10.6 Å². The van der Waals surface area contributed by atoms with Crippen molar-refractivity contribution in [3.8, 4) is 5.19 Å². The van der Waals surface area contributed by atoms with Gasteiger partial charge in [-0.1, -0.05) is 24.7 Å². The third-order valence-electron chi connectivity index (χ3n) is 5.12. The summed E-state index contributed by atoms with van der Waals surface area (Å²) in [6.07, 6.45) is 6.08. The maximum Gasteiger partial charge on any atom is 0.274 e. The van der Waals surface area contributed by atoms with E-state index in [0.717, 1.165) is 29.9 Å².